The van der Waals surface area contributed by atoms with Gasteiger partial charge in [-0.1, -0.05) is 0 Å². The molecule has 0 aliphatic carbocycles. The minimum atomic E-state index is -1.21. The maximum absolute atomic E-state index is 12.4. The number of hydrogen-bond acceptors (Lipinski definition) is 2. The predicted molar refractivity (Wildman–Crippen MR) is 32.0 cm³/mol. The van der Waals surface area contributed by atoms with Gasteiger partial charge >= 0.3 is 0 Å². The molecule has 2 nitrogen and oxygen atoms in total. The van der Waals surface area contributed by atoms with Crippen LogP contribution in [-0.2, 0) is 4.79 Å². The molecule has 0 unspecified atom stereocenters. The molecule has 1 heterocycles. The largest absolute Gasteiger partial charge is 0.316 e. The van der Waals surface area contributed by atoms with Gasteiger partial charge in [-0.15, -0.1) is 0 Å². The van der Waals surface area contributed by atoms with Gasteiger partial charge < -0.3 is 5.32 Å². The van der Waals surface area contributed by atoms with E-state index in [0.717, 1.165) is 0 Å². The molecule has 3 heteroatoms. The van der Waals surface area contributed by atoms with Crippen LogP contribution in [0, 0.1) is 0 Å². The molecule has 0 radical (unpaired) electrons. The Bertz CT molecular complexity index is 116. The van der Waals surface area contributed by atoms with Crippen LogP contribution in [0.3, 0.4) is 0 Å². The van der Waals surface area contributed by atoms with Crippen molar-refractivity contribution in [1.29, 1.82) is 0 Å². The van der Waals surface area contributed by atoms with Crippen LogP contribution in [0.2, 0.25) is 0 Å². The third-order valence-corrected chi connectivity index (χ3v) is 1.47. The van der Waals surface area contributed by atoms with Gasteiger partial charge in [0.25, 0.3) is 0 Å². The second kappa shape index (κ2) is 2.92. The molecule has 9 heavy (non-hydrogen) atoms. The molecule has 0 spiro atoms. The molecule has 1 fully saturated rings. The zero-order valence-corrected chi connectivity index (χ0v) is 5.19. The van der Waals surface area contributed by atoms with Crippen LogP contribution < -0.4 is 5.32 Å². The second-order valence-corrected chi connectivity index (χ2v) is 2.22. The van der Waals surface area contributed by atoms with Crippen LogP contribution in [-0.4, -0.2) is 25.0 Å². The fourth-order valence-electron chi connectivity index (χ4n) is 0.883. The number of carbonyl (C=O) groups excluding carboxylic acids is 1. The van der Waals surface area contributed by atoms with Crippen molar-refractivity contribution in [3.8, 4) is 0 Å². The molecule has 0 amide bonds. The summed E-state index contributed by atoms with van der Waals surface area (Å²) in [4.78, 5) is 10.6. The van der Waals surface area contributed by atoms with Gasteiger partial charge in [-0.2, -0.15) is 0 Å². The maximum Gasteiger partial charge on any atom is 0.168 e. The number of nitrogens with one attached hydrogen (secondary N) is 1. The third-order valence-electron chi connectivity index (χ3n) is 1.47. The van der Waals surface area contributed by atoms with Gasteiger partial charge in [0.2, 0.25) is 0 Å². The summed E-state index contributed by atoms with van der Waals surface area (Å²) in [5, 5.41) is 2.95. The molecule has 0 aromatic rings. The summed E-state index contributed by atoms with van der Waals surface area (Å²) in [6, 6.07) is 0. The van der Waals surface area contributed by atoms with Crippen molar-refractivity contribution >= 4 is 5.78 Å². The van der Waals surface area contributed by atoms with E-state index < -0.39 is 6.17 Å². The lowest BCUT2D eigenvalue weighted by molar-refractivity contribution is -0.123. The summed E-state index contributed by atoms with van der Waals surface area (Å²) >= 11 is 0. The van der Waals surface area contributed by atoms with E-state index in [9.17, 15) is 9.18 Å². The quantitative estimate of drug-likeness (QED) is 0.511. The Labute approximate surface area is 53.4 Å². The molecule has 1 aliphatic heterocycles. The minimum Gasteiger partial charge on any atom is -0.316 e. The molecule has 1 N–H and O–H groups in total. The molecule has 0 aromatic carbocycles. The number of hydrogen-bond donors (Lipinski definition) is 1. The van der Waals surface area contributed by atoms with Crippen molar-refractivity contribution in [1.82, 2.24) is 5.32 Å². The first kappa shape index (κ1) is 6.68. The topological polar surface area (TPSA) is 29.1 Å². The van der Waals surface area contributed by atoms with E-state index in [0.29, 0.717) is 25.9 Å². The van der Waals surface area contributed by atoms with Gasteiger partial charge in [0.05, 0.1) is 0 Å². The van der Waals surface area contributed by atoms with Crippen molar-refractivity contribution < 1.29 is 9.18 Å². The van der Waals surface area contributed by atoms with Crippen molar-refractivity contribution in [3.63, 3.8) is 0 Å². The molecule has 1 atom stereocenters. The van der Waals surface area contributed by atoms with Crippen LogP contribution in [0.5, 0.6) is 0 Å². The smallest absolute Gasteiger partial charge is 0.168 e. The Morgan fingerprint density at radius 2 is 2.33 bits per heavy atom. The Morgan fingerprint density at radius 1 is 1.56 bits per heavy atom. The first-order chi connectivity index (χ1) is 4.30. The molecule has 1 saturated heterocycles. The van der Waals surface area contributed by atoms with Gasteiger partial charge in [0.15, 0.2) is 12.0 Å². The lowest BCUT2D eigenvalue weighted by Gasteiger charge is -1.97. The Hall–Kier alpha value is -0.440. The van der Waals surface area contributed by atoms with Gasteiger partial charge in [0.1, 0.15) is 0 Å². The first-order valence-corrected chi connectivity index (χ1v) is 3.18. The zero-order chi connectivity index (χ0) is 6.69. The van der Waals surface area contributed by atoms with E-state index in [4.69, 9.17) is 0 Å². The summed E-state index contributed by atoms with van der Waals surface area (Å²) in [5.41, 5.74) is 0. The first-order valence-electron chi connectivity index (χ1n) is 3.18. The lowest BCUT2D eigenvalue weighted by Crippen LogP contribution is -2.14. The van der Waals surface area contributed by atoms with Crippen LogP contribution >= 0.6 is 0 Å². The summed E-state index contributed by atoms with van der Waals surface area (Å²) in [6.45, 7) is 1.27. The number of Topliss-reactive ketones (excluding diaryl/α,β-unsaturated/α-hetero) is 1. The Balaban J connectivity index is 2.41. The average Bonchev–Trinajstić information content (AvgIpc) is 1.99. The van der Waals surface area contributed by atoms with Crippen molar-refractivity contribution in [2.45, 2.75) is 19.0 Å². The lowest BCUT2D eigenvalue weighted by atomic mass is 10.2. The molecule has 52 valence electrons. The third kappa shape index (κ3) is 1.75. The van der Waals surface area contributed by atoms with Crippen molar-refractivity contribution in [3.05, 3.63) is 0 Å². The van der Waals surface area contributed by atoms with E-state index in [1.54, 1.807) is 0 Å². The molecule has 0 saturated carbocycles. The van der Waals surface area contributed by atoms with Gasteiger partial charge in [0, 0.05) is 13.0 Å². The molecule has 1 aliphatic rings. The normalized spacial score (nSPS) is 29.9. The Morgan fingerprint density at radius 3 is 3.11 bits per heavy atom. The molecule has 1 rings (SSSR count). The van der Waals surface area contributed by atoms with E-state index >= 15 is 0 Å². The number of halogens is 1. The van der Waals surface area contributed by atoms with Gasteiger partial charge in [-0.3, -0.25) is 4.79 Å². The summed E-state index contributed by atoms with van der Waals surface area (Å²) < 4.78 is 12.4. The van der Waals surface area contributed by atoms with E-state index in [2.05, 4.69) is 5.32 Å². The fraction of sp³-hybridized carbons (Fsp3) is 0.833. The van der Waals surface area contributed by atoms with Crippen molar-refractivity contribution in [2.24, 2.45) is 0 Å². The summed E-state index contributed by atoms with van der Waals surface area (Å²) in [7, 11) is 0. The number of rotatable bonds is 0. The van der Waals surface area contributed by atoms with Crippen molar-refractivity contribution in [2.75, 3.05) is 13.1 Å². The maximum atomic E-state index is 12.4. The zero-order valence-electron chi connectivity index (χ0n) is 5.19. The van der Waals surface area contributed by atoms with E-state index in [-0.39, 0.29) is 5.78 Å². The Kier molecular flexibility index (Phi) is 2.16. The number of carbonyl (C=O) groups is 1. The second-order valence-electron chi connectivity index (χ2n) is 2.22. The van der Waals surface area contributed by atoms with Crippen LogP contribution in [0.15, 0.2) is 0 Å². The number of ketones is 1. The monoisotopic (exact) mass is 131 g/mol. The summed E-state index contributed by atoms with van der Waals surface area (Å²) in [5.74, 6) is -0.250. The standard InChI is InChI=1S/C6H10FNO/c7-5-1-3-8-4-2-6(5)9/h5,8H,1-4H2/t5-/m0/s1. The van der Waals surface area contributed by atoms with Crippen LogP contribution in [0.1, 0.15) is 12.8 Å². The molecule has 0 bridgehead atoms. The van der Waals surface area contributed by atoms with Crippen LogP contribution in [0.25, 0.3) is 0 Å². The highest BCUT2D eigenvalue weighted by atomic mass is 19.1. The fourth-order valence-corrected chi connectivity index (χ4v) is 0.883. The highest BCUT2D eigenvalue weighted by Gasteiger charge is 2.18. The summed E-state index contributed by atoms with van der Waals surface area (Å²) in [6.07, 6.45) is -0.514. The van der Waals surface area contributed by atoms with E-state index in [1.807, 2.05) is 0 Å². The highest BCUT2D eigenvalue weighted by molar-refractivity contribution is 5.83. The number of alkyl halides is 1. The minimum absolute atomic E-state index is 0.250. The van der Waals surface area contributed by atoms with Gasteiger partial charge in [-0.25, -0.2) is 4.39 Å². The molecule has 0 aromatic heterocycles. The molecular weight excluding hydrogens is 121 g/mol. The van der Waals surface area contributed by atoms with E-state index in [1.165, 1.54) is 0 Å². The predicted octanol–water partition coefficient (Wildman–Crippen LogP) is 0.277. The highest BCUT2D eigenvalue weighted by Crippen LogP contribution is 2.03. The van der Waals surface area contributed by atoms with Gasteiger partial charge in [-0.05, 0) is 13.0 Å². The SMILES string of the molecule is O=C1CCNCC[C@@H]1F. The molecular formula is C6H10FNO. The average molecular weight is 131 g/mol. The van der Waals surface area contributed by atoms with Crippen LogP contribution in [0.4, 0.5) is 4.39 Å².